The van der Waals surface area contributed by atoms with Crippen molar-refractivity contribution >= 4 is 14.1 Å². The zero-order valence-electron chi connectivity index (χ0n) is 19.8. The SMILES string of the molecule is CC(=O)c1cccc(C[C@@H](C)NC[C@H](O[Si](C)(C)C(C)(C)C)c2cc(O)cc(O)c2)c1. The van der Waals surface area contributed by atoms with Gasteiger partial charge in [0.1, 0.15) is 11.5 Å². The number of phenolic OH excluding ortho intramolecular Hbond substituents is 2. The molecule has 0 aliphatic rings. The summed E-state index contributed by atoms with van der Waals surface area (Å²) in [5.74, 6) is 0.106. The molecule has 0 saturated heterocycles. The maximum Gasteiger partial charge on any atom is 0.192 e. The Kier molecular flexibility index (Phi) is 8.08. The highest BCUT2D eigenvalue weighted by Gasteiger charge is 2.39. The topological polar surface area (TPSA) is 78.8 Å². The minimum Gasteiger partial charge on any atom is -0.508 e. The first-order chi connectivity index (χ1) is 14.3. The standard InChI is InChI=1S/C25H37NO4Si/c1-17(11-19-9-8-10-20(12-19)18(2)27)26-16-24(30-31(6,7)25(3,4)5)21-13-22(28)15-23(29)14-21/h8-10,12-15,17,24,26,28-29H,11,16H2,1-7H3/t17-,24+/m1/s1. The van der Waals surface area contributed by atoms with Gasteiger partial charge >= 0.3 is 0 Å². The maximum absolute atomic E-state index is 11.7. The first-order valence-corrected chi connectivity index (χ1v) is 13.7. The molecule has 0 fully saturated rings. The summed E-state index contributed by atoms with van der Waals surface area (Å²) in [6.45, 7) is 15.2. The van der Waals surface area contributed by atoms with Crippen molar-refractivity contribution in [2.24, 2.45) is 0 Å². The van der Waals surface area contributed by atoms with Crippen molar-refractivity contribution in [1.82, 2.24) is 5.32 Å². The molecule has 0 aliphatic carbocycles. The molecular formula is C25H37NO4Si. The lowest BCUT2D eigenvalue weighted by molar-refractivity contribution is 0.101. The molecule has 31 heavy (non-hydrogen) atoms. The molecule has 0 heterocycles. The van der Waals surface area contributed by atoms with Gasteiger partial charge in [-0.25, -0.2) is 0 Å². The molecular weight excluding hydrogens is 406 g/mol. The van der Waals surface area contributed by atoms with Gasteiger partial charge in [0.05, 0.1) is 6.10 Å². The van der Waals surface area contributed by atoms with Crippen LogP contribution in [0.3, 0.4) is 0 Å². The average Bonchev–Trinajstić information content (AvgIpc) is 2.63. The van der Waals surface area contributed by atoms with Crippen LogP contribution >= 0.6 is 0 Å². The van der Waals surface area contributed by atoms with Gasteiger partial charge in [0.15, 0.2) is 14.1 Å². The lowest BCUT2D eigenvalue weighted by atomic mass is 10.0. The molecule has 2 rings (SSSR count). The van der Waals surface area contributed by atoms with Gasteiger partial charge in [-0.15, -0.1) is 0 Å². The first kappa shape index (κ1) is 25.1. The van der Waals surface area contributed by atoms with E-state index in [4.69, 9.17) is 4.43 Å². The van der Waals surface area contributed by atoms with Gasteiger partial charge < -0.3 is 20.0 Å². The molecule has 0 aliphatic heterocycles. The molecule has 2 aromatic carbocycles. The normalized spacial score (nSPS) is 14.3. The number of benzene rings is 2. The van der Waals surface area contributed by atoms with E-state index in [0.29, 0.717) is 6.54 Å². The largest absolute Gasteiger partial charge is 0.508 e. The Morgan fingerprint density at radius 1 is 1.10 bits per heavy atom. The predicted octanol–water partition coefficient (Wildman–Crippen LogP) is 5.58. The quantitative estimate of drug-likeness (QED) is 0.348. The highest BCUT2D eigenvalue weighted by atomic mass is 28.4. The molecule has 6 heteroatoms. The number of carbonyl (C=O) groups excluding carboxylic acids is 1. The van der Waals surface area contributed by atoms with E-state index in [9.17, 15) is 15.0 Å². The van der Waals surface area contributed by atoms with E-state index in [1.165, 1.54) is 6.07 Å². The van der Waals surface area contributed by atoms with Crippen LogP contribution in [0.25, 0.3) is 0 Å². The fourth-order valence-electron chi connectivity index (χ4n) is 3.22. The summed E-state index contributed by atoms with van der Waals surface area (Å²) in [6, 6.07) is 12.5. The summed E-state index contributed by atoms with van der Waals surface area (Å²) in [7, 11) is -2.09. The van der Waals surface area contributed by atoms with Crippen molar-refractivity contribution in [2.45, 2.75) is 71.3 Å². The number of hydrogen-bond acceptors (Lipinski definition) is 5. The molecule has 5 nitrogen and oxygen atoms in total. The molecule has 0 amide bonds. The van der Waals surface area contributed by atoms with Gasteiger partial charge in [0.2, 0.25) is 0 Å². The van der Waals surface area contributed by atoms with Crippen molar-refractivity contribution in [3.05, 3.63) is 59.2 Å². The molecule has 0 unspecified atom stereocenters. The Hall–Kier alpha value is -2.15. The van der Waals surface area contributed by atoms with Crippen molar-refractivity contribution in [2.75, 3.05) is 6.54 Å². The average molecular weight is 444 g/mol. The van der Waals surface area contributed by atoms with Crippen LogP contribution in [0.15, 0.2) is 42.5 Å². The zero-order valence-corrected chi connectivity index (χ0v) is 20.8. The van der Waals surface area contributed by atoms with Gasteiger partial charge in [0, 0.05) is 24.2 Å². The third-order valence-corrected chi connectivity index (χ3v) is 10.6. The van der Waals surface area contributed by atoms with E-state index in [1.807, 2.05) is 24.3 Å². The van der Waals surface area contributed by atoms with Crippen LogP contribution in [0.5, 0.6) is 11.5 Å². The van der Waals surface area contributed by atoms with E-state index < -0.39 is 8.32 Å². The predicted molar refractivity (Wildman–Crippen MR) is 128 cm³/mol. The van der Waals surface area contributed by atoms with E-state index in [1.54, 1.807) is 19.1 Å². The molecule has 2 aromatic rings. The third-order valence-electron chi connectivity index (χ3n) is 6.07. The Labute approximate surface area is 187 Å². The van der Waals surface area contributed by atoms with Gasteiger partial charge in [0.25, 0.3) is 0 Å². The van der Waals surface area contributed by atoms with Crippen molar-refractivity contribution in [3.8, 4) is 11.5 Å². The lowest BCUT2D eigenvalue weighted by Crippen LogP contribution is -2.44. The van der Waals surface area contributed by atoms with Crippen LogP contribution < -0.4 is 5.32 Å². The number of phenols is 2. The summed E-state index contributed by atoms with van der Waals surface area (Å²) in [5, 5.41) is 23.6. The second-order valence-corrected chi connectivity index (χ2v) is 14.7. The first-order valence-electron chi connectivity index (χ1n) is 10.8. The third kappa shape index (κ3) is 7.20. The smallest absolute Gasteiger partial charge is 0.192 e. The van der Waals surface area contributed by atoms with Gasteiger partial charge in [-0.3, -0.25) is 4.79 Å². The summed E-state index contributed by atoms with van der Waals surface area (Å²) in [5.41, 5.74) is 2.57. The number of rotatable bonds is 9. The van der Waals surface area contributed by atoms with E-state index >= 15 is 0 Å². The molecule has 0 radical (unpaired) electrons. The fourth-order valence-corrected chi connectivity index (χ4v) is 4.50. The Morgan fingerprint density at radius 2 is 1.71 bits per heavy atom. The summed E-state index contributed by atoms with van der Waals surface area (Å²) < 4.78 is 6.66. The molecule has 0 bridgehead atoms. The van der Waals surface area contributed by atoms with Crippen LogP contribution in [0.2, 0.25) is 18.1 Å². The minimum absolute atomic E-state index is 0.0212. The number of ketones is 1. The molecule has 0 spiro atoms. The molecule has 2 atom stereocenters. The fraction of sp³-hybridized carbons (Fsp3) is 0.480. The summed E-state index contributed by atoms with van der Waals surface area (Å²) >= 11 is 0. The highest BCUT2D eigenvalue weighted by Crippen LogP contribution is 2.40. The van der Waals surface area contributed by atoms with Crippen LogP contribution in [-0.2, 0) is 10.8 Å². The minimum atomic E-state index is -2.09. The van der Waals surface area contributed by atoms with Gasteiger partial charge in [-0.1, -0.05) is 39.0 Å². The number of Topliss-reactive ketones (excluding diaryl/α,β-unsaturated/α-hetero) is 1. The van der Waals surface area contributed by atoms with Crippen LogP contribution in [0, 0.1) is 0 Å². The second-order valence-electron chi connectivity index (χ2n) is 9.92. The Balaban J connectivity index is 2.17. The van der Waals surface area contributed by atoms with E-state index in [-0.39, 0.29) is 34.5 Å². The highest BCUT2D eigenvalue weighted by molar-refractivity contribution is 6.74. The monoisotopic (exact) mass is 443 g/mol. The molecule has 0 aromatic heterocycles. The zero-order chi connectivity index (χ0) is 23.4. The Morgan fingerprint density at radius 3 is 2.26 bits per heavy atom. The maximum atomic E-state index is 11.7. The van der Waals surface area contributed by atoms with Crippen LogP contribution in [-0.4, -0.2) is 36.9 Å². The number of carbonyl (C=O) groups is 1. The second kappa shape index (κ2) is 9.98. The molecule has 170 valence electrons. The molecule has 0 saturated carbocycles. The van der Waals surface area contributed by atoms with E-state index in [2.05, 4.69) is 46.1 Å². The summed E-state index contributed by atoms with van der Waals surface area (Å²) in [6.07, 6.45) is 0.476. The van der Waals surface area contributed by atoms with E-state index in [0.717, 1.165) is 23.1 Å². The number of aromatic hydroxyl groups is 2. The van der Waals surface area contributed by atoms with Gasteiger partial charge in [-0.05, 0) is 67.7 Å². The summed E-state index contributed by atoms with van der Waals surface area (Å²) in [4.78, 5) is 11.7. The number of hydrogen-bond donors (Lipinski definition) is 3. The lowest BCUT2D eigenvalue weighted by Gasteiger charge is -2.39. The van der Waals surface area contributed by atoms with Crippen LogP contribution in [0.4, 0.5) is 0 Å². The number of nitrogens with one attached hydrogen (secondary N) is 1. The van der Waals surface area contributed by atoms with Crippen molar-refractivity contribution < 1.29 is 19.4 Å². The van der Waals surface area contributed by atoms with Crippen molar-refractivity contribution in [3.63, 3.8) is 0 Å². The molecule has 3 N–H and O–H groups in total. The Bertz CT molecular complexity index is 884. The van der Waals surface area contributed by atoms with Crippen LogP contribution in [0.1, 0.15) is 62.2 Å². The van der Waals surface area contributed by atoms with Gasteiger partial charge in [-0.2, -0.15) is 0 Å². The van der Waals surface area contributed by atoms with Crippen molar-refractivity contribution in [1.29, 1.82) is 0 Å².